The maximum absolute atomic E-state index is 13.4. The number of halogens is 1. The molecule has 1 fully saturated rings. The van der Waals surface area contributed by atoms with Crippen LogP contribution in [0.5, 0.6) is 5.75 Å². The number of methoxy groups -OCH3 is 1. The summed E-state index contributed by atoms with van der Waals surface area (Å²) in [6.45, 7) is 1.27. The molecule has 0 N–H and O–H groups in total. The van der Waals surface area contributed by atoms with Crippen LogP contribution < -0.4 is 14.5 Å². The van der Waals surface area contributed by atoms with E-state index >= 15 is 0 Å². The molecule has 2 aromatic carbocycles. The summed E-state index contributed by atoms with van der Waals surface area (Å²) in [6.07, 6.45) is 3.10. The molecule has 2 aromatic rings. The van der Waals surface area contributed by atoms with Gasteiger partial charge in [-0.3, -0.25) is 9.59 Å². The van der Waals surface area contributed by atoms with Crippen molar-refractivity contribution < 1.29 is 14.3 Å². The molecule has 2 amide bonds. The summed E-state index contributed by atoms with van der Waals surface area (Å²) < 4.78 is 5.31. The molecule has 0 spiro atoms. The minimum atomic E-state index is -0.104. The van der Waals surface area contributed by atoms with Crippen LogP contribution in [0.3, 0.4) is 0 Å². The summed E-state index contributed by atoms with van der Waals surface area (Å²) >= 11 is 6.17. The second kappa shape index (κ2) is 7.24. The lowest BCUT2D eigenvalue weighted by Crippen LogP contribution is -2.37. The van der Waals surface area contributed by atoms with Gasteiger partial charge >= 0.3 is 0 Å². The van der Waals surface area contributed by atoms with Crippen LogP contribution in [0.25, 0.3) is 0 Å². The molecule has 0 unspecified atom stereocenters. The average molecular weight is 385 g/mol. The molecule has 6 heteroatoms. The van der Waals surface area contributed by atoms with Crippen molar-refractivity contribution in [2.24, 2.45) is 0 Å². The van der Waals surface area contributed by atoms with Crippen molar-refractivity contribution >= 4 is 34.8 Å². The third-order valence-electron chi connectivity index (χ3n) is 5.20. The van der Waals surface area contributed by atoms with Gasteiger partial charge in [0.15, 0.2) is 0 Å². The number of rotatable bonds is 3. The molecule has 2 heterocycles. The molecule has 0 aromatic heterocycles. The highest BCUT2D eigenvalue weighted by Gasteiger charge is 2.30. The molecule has 2 aliphatic heterocycles. The Morgan fingerprint density at radius 2 is 1.85 bits per heavy atom. The molecule has 0 bridgehead atoms. The molecular weight excluding hydrogens is 364 g/mol. The molecule has 2 aliphatic rings. The number of ether oxygens (including phenoxy) is 1. The highest BCUT2D eigenvalue weighted by Crippen LogP contribution is 2.34. The normalized spacial score (nSPS) is 16.4. The van der Waals surface area contributed by atoms with E-state index in [9.17, 15) is 9.59 Å². The van der Waals surface area contributed by atoms with Crippen molar-refractivity contribution in [1.29, 1.82) is 0 Å². The topological polar surface area (TPSA) is 49.9 Å². The molecule has 1 saturated heterocycles. The van der Waals surface area contributed by atoms with E-state index in [1.54, 1.807) is 35.1 Å². The first-order chi connectivity index (χ1) is 13.1. The minimum Gasteiger partial charge on any atom is -0.497 e. The molecule has 5 nitrogen and oxygen atoms in total. The van der Waals surface area contributed by atoms with Crippen molar-refractivity contribution in [3.8, 4) is 5.75 Å². The van der Waals surface area contributed by atoms with Gasteiger partial charge in [-0.05, 0) is 61.2 Å². The van der Waals surface area contributed by atoms with Crippen LogP contribution in [0.1, 0.15) is 35.2 Å². The summed E-state index contributed by atoms with van der Waals surface area (Å²) in [5, 5.41) is 0.519. The number of hydrogen-bond donors (Lipinski definition) is 0. The van der Waals surface area contributed by atoms with E-state index in [0.29, 0.717) is 35.8 Å². The monoisotopic (exact) mass is 384 g/mol. The number of hydrogen-bond acceptors (Lipinski definition) is 3. The fourth-order valence-electron chi connectivity index (χ4n) is 3.87. The Bertz CT molecular complexity index is 912. The van der Waals surface area contributed by atoms with Crippen LogP contribution in [0.2, 0.25) is 5.02 Å². The Balaban J connectivity index is 1.73. The fraction of sp³-hybridized carbons (Fsp3) is 0.333. The first-order valence-electron chi connectivity index (χ1n) is 9.17. The zero-order valence-corrected chi connectivity index (χ0v) is 16.0. The van der Waals surface area contributed by atoms with E-state index in [2.05, 4.69) is 0 Å². The van der Waals surface area contributed by atoms with Crippen LogP contribution in [-0.2, 0) is 11.2 Å². The molecular formula is C21H21ClN2O3. The summed E-state index contributed by atoms with van der Waals surface area (Å²) in [5.41, 5.74) is 3.12. The van der Waals surface area contributed by atoms with E-state index in [0.717, 1.165) is 36.3 Å². The minimum absolute atomic E-state index is 0.0371. The number of carbonyl (C=O) groups excluding carboxylic acids is 2. The second-order valence-electron chi connectivity index (χ2n) is 6.87. The van der Waals surface area contributed by atoms with E-state index in [4.69, 9.17) is 16.3 Å². The molecule has 4 rings (SSSR count). The van der Waals surface area contributed by atoms with Gasteiger partial charge in [-0.15, -0.1) is 0 Å². The summed E-state index contributed by atoms with van der Waals surface area (Å²) in [6, 6.07) is 10.9. The highest BCUT2D eigenvalue weighted by molar-refractivity contribution is 6.31. The molecule has 0 atom stereocenters. The summed E-state index contributed by atoms with van der Waals surface area (Å²) in [7, 11) is 1.64. The predicted molar refractivity (Wildman–Crippen MR) is 106 cm³/mol. The smallest absolute Gasteiger partial charge is 0.260 e. The van der Waals surface area contributed by atoms with Crippen LogP contribution in [0.4, 0.5) is 11.4 Å². The van der Waals surface area contributed by atoms with Crippen molar-refractivity contribution in [3.05, 3.63) is 52.5 Å². The summed E-state index contributed by atoms with van der Waals surface area (Å²) in [5.74, 6) is 0.723. The van der Waals surface area contributed by atoms with Crippen molar-refractivity contribution in [1.82, 2.24) is 0 Å². The third kappa shape index (κ3) is 3.28. The maximum Gasteiger partial charge on any atom is 0.260 e. The lowest BCUT2D eigenvalue weighted by Gasteiger charge is -2.31. The number of benzene rings is 2. The van der Waals surface area contributed by atoms with E-state index in [1.165, 1.54) is 0 Å². The predicted octanol–water partition coefficient (Wildman–Crippen LogP) is 4.07. The van der Waals surface area contributed by atoms with Gasteiger partial charge in [-0.25, -0.2) is 0 Å². The number of nitrogens with zero attached hydrogens (tertiary/aromatic N) is 2. The van der Waals surface area contributed by atoms with Crippen LogP contribution in [-0.4, -0.2) is 32.0 Å². The first kappa shape index (κ1) is 17.9. The van der Waals surface area contributed by atoms with E-state index in [-0.39, 0.29) is 11.8 Å². The van der Waals surface area contributed by atoms with Gasteiger partial charge in [0.2, 0.25) is 5.91 Å². The zero-order valence-electron chi connectivity index (χ0n) is 15.2. The van der Waals surface area contributed by atoms with E-state index in [1.807, 2.05) is 18.2 Å². The maximum atomic E-state index is 13.4. The number of carbonyl (C=O) groups is 2. The quantitative estimate of drug-likeness (QED) is 0.801. The number of anilines is 2. The van der Waals surface area contributed by atoms with Gasteiger partial charge in [0, 0.05) is 30.2 Å². The second-order valence-corrected chi connectivity index (χ2v) is 7.30. The van der Waals surface area contributed by atoms with Crippen molar-refractivity contribution in [3.63, 3.8) is 0 Å². The molecule has 0 saturated carbocycles. The van der Waals surface area contributed by atoms with Gasteiger partial charge in [-0.2, -0.15) is 0 Å². The molecule has 0 aliphatic carbocycles. The molecule has 140 valence electrons. The average Bonchev–Trinajstić information content (AvgIpc) is 3.12. The van der Waals surface area contributed by atoms with Gasteiger partial charge < -0.3 is 14.5 Å². The van der Waals surface area contributed by atoms with Gasteiger partial charge in [0.1, 0.15) is 5.75 Å². The number of fused-ring (bicyclic) bond motifs is 1. The lowest BCUT2D eigenvalue weighted by atomic mass is 10.00. The third-order valence-corrected chi connectivity index (χ3v) is 5.44. The standard InChI is InChI=1S/C21H21ClN2O3/c1-27-16-7-9-18-14(12-16)4-2-11-24(18)21(26)17-8-6-15(22)13-19(17)23-10-3-5-20(23)25/h6-9,12-13H,2-5,10-11H2,1H3. The number of aryl methyl sites for hydroxylation is 1. The van der Waals surface area contributed by atoms with Crippen LogP contribution in [0, 0.1) is 0 Å². The molecule has 0 radical (unpaired) electrons. The Hall–Kier alpha value is -2.53. The summed E-state index contributed by atoms with van der Waals surface area (Å²) in [4.78, 5) is 29.2. The zero-order chi connectivity index (χ0) is 19.0. The van der Waals surface area contributed by atoms with Gasteiger partial charge in [-0.1, -0.05) is 11.6 Å². The SMILES string of the molecule is COc1ccc2c(c1)CCCN2C(=O)c1ccc(Cl)cc1N1CCCC1=O. The fourth-order valence-corrected chi connectivity index (χ4v) is 4.03. The lowest BCUT2D eigenvalue weighted by molar-refractivity contribution is -0.117. The largest absolute Gasteiger partial charge is 0.497 e. The van der Waals surface area contributed by atoms with Crippen LogP contribution >= 0.6 is 11.6 Å². The first-order valence-corrected chi connectivity index (χ1v) is 9.55. The Morgan fingerprint density at radius 1 is 1.04 bits per heavy atom. The van der Waals surface area contributed by atoms with Gasteiger partial charge in [0.05, 0.1) is 18.4 Å². The van der Waals surface area contributed by atoms with Gasteiger partial charge in [0.25, 0.3) is 5.91 Å². The number of amides is 2. The molecule has 27 heavy (non-hydrogen) atoms. The van der Waals surface area contributed by atoms with Crippen molar-refractivity contribution in [2.75, 3.05) is 30.0 Å². The van der Waals surface area contributed by atoms with Crippen molar-refractivity contribution in [2.45, 2.75) is 25.7 Å². The Morgan fingerprint density at radius 3 is 2.59 bits per heavy atom. The van der Waals surface area contributed by atoms with E-state index < -0.39 is 0 Å². The van der Waals surface area contributed by atoms with Crippen LogP contribution in [0.15, 0.2) is 36.4 Å². The Kier molecular flexibility index (Phi) is 4.79. The highest BCUT2D eigenvalue weighted by atomic mass is 35.5. The Labute approximate surface area is 163 Å².